The number of carbonyl (C=O) groups excluding carboxylic acids is 1. The van der Waals surface area contributed by atoms with E-state index in [2.05, 4.69) is 25.7 Å². The van der Waals surface area contributed by atoms with Crippen LogP contribution in [0.1, 0.15) is 69.9 Å². The van der Waals surface area contributed by atoms with Crippen LogP contribution in [0, 0.1) is 17.3 Å². The molecule has 0 saturated heterocycles. The van der Waals surface area contributed by atoms with E-state index in [9.17, 15) is 20.1 Å². The van der Waals surface area contributed by atoms with Crippen molar-refractivity contribution in [3.63, 3.8) is 0 Å². The average molecular weight is 481 g/mol. The van der Waals surface area contributed by atoms with Crippen molar-refractivity contribution in [2.75, 3.05) is 0 Å². The number of allylic oxidation sites excluding steroid dienone is 3. The third-order valence-corrected chi connectivity index (χ3v) is 8.71. The number of carbonyl (C=O) groups is 1. The van der Waals surface area contributed by atoms with Gasteiger partial charge in [0, 0.05) is 12.3 Å². The number of hydrogen-bond acceptors (Lipinski definition) is 5. The number of hydrogen-bond donors (Lipinski definition) is 3. The summed E-state index contributed by atoms with van der Waals surface area (Å²) in [5, 5.41) is 29.6. The third-order valence-electron chi connectivity index (χ3n) is 8.71. The quantitative estimate of drug-likeness (QED) is 0.510. The molecule has 0 aliphatic heterocycles. The minimum absolute atomic E-state index is 0.0388. The van der Waals surface area contributed by atoms with Crippen molar-refractivity contribution in [3.05, 3.63) is 70.8 Å². The maximum atomic E-state index is 12.7. The van der Waals surface area contributed by atoms with Gasteiger partial charge in [0.15, 0.2) is 0 Å². The summed E-state index contributed by atoms with van der Waals surface area (Å²) in [6.07, 6.45) is 9.46. The van der Waals surface area contributed by atoms with E-state index in [1.807, 2.05) is 31.2 Å². The van der Waals surface area contributed by atoms with Crippen molar-refractivity contribution in [2.24, 2.45) is 17.3 Å². The van der Waals surface area contributed by atoms with Gasteiger partial charge in [-0.3, -0.25) is 4.79 Å². The Balaban J connectivity index is 1.43. The Hall–Kier alpha value is -2.21. The fourth-order valence-electron chi connectivity index (χ4n) is 6.85. The lowest BCUT2D eigenvalue weighted by molar-refractivity contribution is -0.152. The highest BCUT2D eigenvalue weighted by molar-refractivity contribution is 5.72. The second-order valence-electron chi connectivity index (χ2n) is 11.0. The normalized spacial score (nSPS) is 34.1. The molecule has 1 aromatic rings. The molecule has 3 aliphatic carbocycles. The first-order valence-electron chi connectivity index (χ1n) is 13.0. The molecule has 0 amide bonds. The van der Waals surface area contributed by atoms with Crippen LogP contribution >= 0.6 is 0 Å². The number of fused-ring (bicyclic) bond motifs is 1. The Labute approximate surface area is 209 Å². The van der Waals surface area contributed by atoms with Gasteiger partial charge in [0.05, 0.1) is 25.2 Å². The van der Waals surface area contributed by atoms with E-state index >= 15 is 0 Å². The summed E-state index contributed by atoms with van der Waals surface area (Å²) in [6, 6.07) is 7.44. The second-order valence-corrected chi connectivity index (χ2v) is 11.0. The summed E-state index contributed by atoms with van der Waals surface area (Å²) in [5.74, 6) is 0.543. The molecule has 5 nitrogen and oxygen atoms in total. The molecule has 35 heavy (non-hydrogen) atoms. The molecule has 0 unspecified atom stereocenters. The van der Waals surface area contributed by atoms with E-state index in [1.165, 1.54) is 5.57 Å². The van der Waals surface area contributed by atoms with E-state index in [0.29, 0.717) is 24.7 Å². The number of esters is 1. The fraction of sp³-hybridized carbons (Fsp3) is 0.567. The smallest absolute Gasteiger partial charge is 0.310 e. The van der Waals surface area contributed by atoms with Crippen LogP contribution in [0.3, 0.4) is 0 Å². The summed E-state index contributed by atoms with van der Waals surface area (Å²) in [5.41, 5.74) is 4.84. The molecular formula is C30H40O5. The summed E-state index contributed by atoms with van der Waals surface area (Å²) in [4.78, 5) is 12.7. The monoisotopic (exact) mass is 480 g/mol. The lowest BCUT2D eigenvalue weighted by atomic mass is 9.62. The van der Waals surface area contributed by atoms with Gasteiger partial charge in [-0.2, -0.15) is 0 Å². The zero-order chi connectivity index (χ0) is 25.2. The maximum Gasteiger partial charge on any atom is 0.310 e. The molecule has 1 aromatic carbocycles. The first-order chi connectivity index (χ1) is 16.7. The fourth-order valence-corrected chi connectivity index (χ4v) is 6.85. The standard InChI is InChI=1S/C30H40O5/c1-19-24(16-25(32)17-28(19)33)10-9-23-8-5-13-30(3)26(11-12-27(23)30)20(2)35-29(34)15-21-6-4-7-22(14-21)18-31/h4,6-7,9-10,14,20,25-28,31-33H,1,5,8,11-13,15-18H2,2-3H3/b23-9+,24-10-/t20-,25+,26+,27-,28-,30+/m0/s1. The summed E-state index contributed by atoms with van der Waals surface area (Å²) in [7, 11) is 0. The predicted molar refractivity (Wildman–Crippen MR) is 136 cm³/mol. The number of aliphatic hydroxyl groups is 3. The van der Waals surface area contributed by atoms with Crippen LogP contribution in [0.2, 0.25) is 0 Å². The first kappa shape index (κ1) is 25.9. The number of aliphatic hydroxyl groups excluding tert-OH is 3. The summed E-state index contributed by atoms with van der Waals surface area (Å²) < 4.78 is 5.95. The number of rotatable bonds is 6. The van der Waals surface area contributed by atoms with Gasteiger partial charge in [-0.15, -0.1) is 0 Å². The Morgan fingerprint density at radius 3 is 2.80 bits per heavy atom. The van der Waals surface area contributed by atoms with Gasteiger partial charge >= 0.3 is 5.97 Å². The van der Waals surface area contributed by atoms with E-state index in [1.54, 1.807) is 0 Å². The average Bonchev–Trinajstić information content (AvgIpc) is 3.18. The molecule has 4 rings (SSSR count). The van der Waals surface area contributed by atoms with E-state index < -0.39 is 12.2 Å². The van der Waals surface area contributed by atoms with E-state index in [4.69, 9.17) is 4.74 Å². The maximum absolute atomic E-state index is 12.7. The summed E-state index contributed by atoms with van der Waals surface area (Å²) in [6.45, 7) is 8.39. The third kappa shape index (κ3) is 5.63. The van der Waals surface area contributed by atoms with E-state index in [-0.39, 0.29) is 30.5 Å². The minimum atomic E-state index is -0.669. The van der Waals surface area contributed by atoms with Gasteiger partial charge in [-0.25, -0.2) is 0 Å². The SMILES string of the molecule is C=C1/C(=C\C=C2/CCC[C@]3(C)[C@@H]([C@H](C)OC(=O)Cc4cccc(CO)c4)CC[C@@H]23)C[C@@H](O)C[C@@H]1O. The Kier molecular flexibility index (Phi) is 7.99. The van der Waals surface area contributed by atoms with Crippen LogP contribution in [0.25, 0.3) is 0 Å². The lowest BCUT2D eigenvalue weighted by Crippen LogP contribution is -2.39. The van der Waals surface area contributed by atoms with Gasteiger partial charge < -0.3 is 20.1 Å². The number of benzene rings is 1. The van der Waals surface area contributed by atoms with Crippen molar-refractivity contribution in [1.82, 2.24) is 0 Å². The second kappa shape index (κ2) is 10.8. The minimum Gasteiger partial charge on any atom is -0.462 e. The molecule has 3 saturated carbocycles. The van der Waals surface area contributed by atoms with Crippen molar-refractivity contribution in [1.29, 1.82) is 0 Å². The van der Waals surface area contributed by atoms with Gasteiger partial charge in [0.25, 0.3) is 0 Å². The van der Waals surface area contributed by atoms with Crippen molar-refractivity contribution in [2.45, 2.75) is 90.1 Å². The molecule has 3 N–H and O–H groups in total. The van der Waals surface area contributed by atoms with E-state index in [0.717, 1.165) is 54.4 Å². The van der Waals surface area contributed by atoms with Crippen LogP contribution < -0.4 is 0 Å². The Bertz CT molecular complexity index is 1010. The van der Waals surface area contributed by atoms with Crippen molar-refractivity contribution in [3.8, 4) is 0 Å². The van der Waals surface area contributed by atoms with Crippen LogP contribution in [-0.2, 0) is 22.6 Å². The topological polar surface area (TPSA) is 87.0 Å². The molecule has 5 heteroatoms. The Morgan fingerprint density at radius 1 is 1.26 bits per heavy atom. The molecule has 190 valence electrons. The van der Waals surface area contributed by atoms with Gasteiger partial charge in [0.2, 0.25) is 0 Å². The highest BCUT2D eigenvalue weighted by atomic mass is 16.5. The zero-order valence-corrected chi connectivity index (χ0v) is 21.1. The van der Waals surface area contributed by atoms with Crippen LogP contribution in [-0.4, -0.2) is 39.6 Å². The highest BCUT2D eigenvalue weighted by Gasteiger charge is 2.51. The van der Waals surface area contributed by atoms with Crippen LogP contribution in [0.15, 0.2) is 59.7 Å². The molecular weight excluding hydrogens is 440 g/mol. The molecule has 3 fully saturated rings. The summed E-state index contributed by atoms with van der Waals surface area (Å²) >= 11 is 0. The van der Waals surface area contributed by atoms with Gasteiger partial charge in [-0.05, 0) is 79.1 Å². The molecule has 0 spiro atoms. The van der Waals surface area contributed by atoms with Crippen LogP contribution in [0.4, 0.5) is 0 Å². The zero-order valence-electron chi connectivity index (χ0n) is 21.1. The predicted octanol–water partition coefficient (Wildman–Crippen LogP) is 4.79. The molecule has 6 atom stereocenters. The molecule has 0 bridgehead atoms. The number of ether oxygens (including phenoxy) is 1. The van der Waals surface area contributed by atoms with Crippen molar-refractivity contribution < 1.29 is 24.9 Å². The molecule has 3 aliphatic rings. The van der Waals surface area contributed by atoms with Crippen molar-refractivity contribution >= 4 is 5.97 Å². The highest BCUT2D eigenvalue weighted by Crippen LogP contribution is 2.58. The first-order valence-corrected chi connectivity index (χ1v) is 13.0. The lowest BCUT2D eigenvalue weighted by Gasteiger charge is -2.44. The van der Waals surface area contributed by atoms with Gasteiger partial charge in [-0.1, -0.05) is 55.5 Å². The molecule has 0 aromatic heterocycles. The molecule has 0 heterocycles. The largest absolute Gasteiger partial charge is 0.462 e. The van der Waals surface area contributed by atoms with Gasteiger partial charge in [0.1, 0.15) is 6.10 Å². The molecule has 0 radical (unpaired) electrons. The van der Waals surface area contributed by atoms with Crippen LogP contribution in [0.5, 0.6) is 0 Å². The Morgan fingerprint density at radius 2 is 2.03 bits per heavy atom.